The van der Waals surface area contributed by atoms with Crippen molar-refractivity contribution >= 4 is 0 Å². The first-order valence-electron chi connectivity index (χ1n) is 6.82. The number of allylic oxidation sites excluding steroid dienone is 1. The lowest BCUT2D eigenvalue weighted by atomic mass is 9.95. The molecule has 0 bridgehead atoms. The predicted octanol–water partition coefficient (Wildman–Crippen LogP) is 3.29. The summed E-state index contributed by atoms with van der Waals surface area (Å²) in [5, 5.41) is 4.75. The summed E-state index contributed by atoms with van der Waals surface area (Å²) >= 11 is 0. The zero-order valence-electron chi connectivity index (χ0n) is 11.5. The minimum Gasteiger partial charge on any atom is -0.248 e. The molecule has 1 fully saturated rings. The SMILES string of the molecule is C=CCC[C@H]1C[C@H](c2ccccc2)CN1N(C)C. The van der Waals surface area contributed by atoms with E-state index in [0.717, 1.165) is 13.0 Å². The van der Waals surface area contributed by atoms with Gasteiger partial charge in [-0.3, -0.25) is 0 Å². The van der Waals surface area contributed by atoms with Crippen LogP contribution in [0.5, 0.6) is 0 Å². The van der Waals surface area contributed by atoms with E-state index in [1.165, 1.54) is 18.4 Å². The molecule has 2 heteroatoms. The summed E-state index contributed by atoms with van der Waals surface area (Å²) in [4.78, 5) is 0. The molecule has 0 radical (unpaired) electrons. The first-order chi connectivity index (χ1) is 8.72. The Bertz CT molecular complexity index is 372. The number of hydrogen-bond acceptors (Lipinski definition) is 2. The second-order valence-corrected chi connectivity index (χ2v) is 5.33. The number of benzene rings is 1. The third kappa shape index (κ3) is 3.01. The Morgan fingerprint density at radius 3 is 2.67 bits per heavy atom. The monoisotopic (exact) mass is 244 g/mol. The largest absolute Gasteiger partial charge is 0.248 e. The maximum atomic E-state index is 3.84. The molecule has 0 unspecified atom stereocenters. The molecule has 18 heavy (non-hydrogen) atoms. The molecule has 0 aromatic heterocycles. The van der Waals surface area contributed by atoms with Crippen molar-refractivity contribution in [1.82, 2.24) is 10.0 Å². The topological polar surface area (TPSA) is 6.48 Å². The molecular formula is C16H24N2. The van der Waals surface area contributed by atoms with Gasteiger partial charge in [0.1, 0.15) is 0 Å². The number of hydrogen-bond donors (Lipinski definition) is 0. The van der Waals surface area contributed by atoms with Gasteiger partial charge in [-0.2, -0.15) is 0 Å². The Morgan fingerprint density at radius 2 is 2.06 bits per heavy atom. The van der Waals surface area contributed by atoms with Crippen molar-refractivity contribution in [1.29, 1.82) is 0 Å². The zero-order chi connectivity index (χ0) is 13.0. The first kappa shape index (κ1) is 13.3. The third-order valence-corrected chi connectivity index (χ3v) is 3.87. The van der Waals surface area contributed by atoms with Crippen LogP contribution in [0.15, 0.2) is 43.0 Å². The van der Waals surface area contributed by atoms with Gasteiger partial charge in [0.2, 0.25) is 0 Å². The van der Waals surface area contributed by atoms with Gasteiger partial charge in [-0.1, -0.05) is 36.4 Å². The van der Waals surface area contributed by atoms with Gasteiger partial charge < -0.3 is 0 Å². The van der Waals surface area contributed by atoms with Crippen molar-refractivity contribution in [3.63, 3.8) is 0 Å². The maximum absolute atomic E-state index is 3.84. The van der Waals surface area contributed by atoms with Crippen molar-refractivity contribution in [2.45, 2.75) is 31.2 Å². The highest BCUT2D eigenvalue weighted by molar-refractivity contribution is 5.21. The van der Waals surface area contributed by atoms with Gasteiger partial charge in [0.25, 0.3) is 0 Å². The molecule has 1 aliphatic heterocycles. The Labute approximate surface area is 111 Å². The van der Waals surface area contributed by atoms with Crippen LogP contribution in [-0.2, 0) is 0 Å². The highest BCUT2D eigenvalue weighted by atomic mass is 15.6. The van der Waals surface area contributed by atoms with Crippen LogP contribution in [0.1, 0.15) is 30.7 Å². The van der Waals surface area contributed by atoms with Gasteiger partial charge in [-0.15, -0.1) is 6.58 Å². The van der Waals surface area contributed by atoms with Crippen LogP contribution in [0.3, 0.4) is 0 Å². The number of rotatable bonds is 5. The molecule has 2 nitrogen and oxygen atoms in total. The lowest BCUT2D eigenvalue weighted by molar-refractivity contribution is 0.00856. The Kier molecular flexibility index (Phi) is 4.56. The first-order valence-corrected chi connectivity index (χ1v) is 6.82. The Morgan fingerprint density at radius 1 is 1.33 bits per heavy atom. The molecule has 0 N–H and O–H groups in total. The minimum atomic E-state index is 0.656. The van der Waals surface area contributed by atoms with Crippen LogP contribution in [0.2, 0.25) is 0 Å². The van der Waals surface area contributed by atoms with E-state index in [4.69, 9.17) is 0 Å². The molecule has 0 spiro atoms. The van der Waals surface area contributed by atoms with Gasteiger partial charge in [-0.25, -0.2) is 10.0 Å². The molecule has 1 aromatic carbocycles. The van der Waals surface area contributed by atoms with E-state index in [2.05, 4.69) is 61.0 Å². The average Bonchev–Trinajstić information content (AvgIpc) is 2.81. The van der Waals surface area contributed by atoms with Gasteiger partial charge in [-0.05, 0) is 30.7 Å². The smallest absolute Gasteiger partial charge is 0.0255 e. The fourth-order valence-electron chi connectivity index (χ4n) is 2.93. The third-order valence-electron chi connectivity index (χ3n) is 3.87. The summed E-state index contributed by atoms with van der Waals surface area (Å²) in [5.74, 6) is 0.670. The molecule has 2 rings (SSSR count). The summed E-state index contributed by atoms with van der Waals surface area (Å²) in [5.41, 5.74) is 1.48. The Balaban J connectivity index is 2.06. The van der Waals surface area contributed by atoms with E-state index in [0.29, 0.717) is 12.0 Å². The summed E-state index contributed by atoms with van der Waals surface area (Å²) < 4.78 is 0. The highest BCUT2D eigenvalue weighted by Crippen LogP contribution is 2.33. The van der Waals surface area contributed by atoms with Crippen LogP contribution in [0.25, 0.3) is 0 Å². The second kappa shape index (κ2) is 6.17. The van der Waals surface area contributed by atoms with E-state index in [9.17, 15) is 0 Å². The highest BCUT2D eigenvalue weighted by Gasteiger charge is 2.33. The lowest BCUT2D eigenvalue weighted by Crippen LogP contribution is -2.40. The normalized spacial score (nSPS) is 24.6. The predicted molar refractivity (Wildman–Crippen MR) is 77.4 cm³/mol. The molecule has 2 atom stereocenters. The molecule has 0 saturated carbocycles. The van der Waals surface area contributed by atoms with Crippen LogP contribution < -0.4 is 0 Å². The van der Waals surface area contributed by atoms with Crippen molar-refractivity contribution in [3.05, 3.63) is 48.6 Å². The van der Waals surface area contributed by atoms with E-state index in [-0.39, 0.29) is 0 Å². The molecule has 1 heterocycles. The molecule has 1 saturated heterocycles. The summed E-state index contributed by atoms with van der Waals surface area (Å²) in [6.45, 7) is 4.97. The van der Waals surface area contributed by atoms with Gasteiger partial charge in [0.05, 0.1) is 0 Å². The fraction of sp³-hybridized carbons (Fsp3) is 0.500. The van der Waals surface area contributed by atoms with E-state index in [1.54, 1.807) is 0 Å². The van der Waals surface area contributed by atoms with Gasteiger partial charge in [0, 0.05) is 26.7 Å². The van der Waals surface area contributed by atoms with Gasteiger partial charge >= 0.3 is 0 Å². The molecule has 0 aliphatic carbocycles. The Hall–Kier alpha value is -1.12. The van der Waals surface area contributed by atoms with Crippen molar-refractivity contribution in [2.75, 3.05) is 20.6 Å². The quantitative estimate of drug-likeness (QED) is 0.733. The minimum absolute atomic E-state index is 0.656. The van der Waals surface area contributed by atoms with E-state index < -0.39 is 0 Å². The summed E-state index contributed by atoms with van der Waals surface area (Å²) in [7, 11) is 4.29. The van der Waals surface area contributed by atoms with Crippen LogP contribution >= 0.6 is 0 Å². The molecule has 1 aromatic rings. The van der Waals surface area contributed by atoms with Crippen molar-refractivity contribution in [3.8, 4) is 0 Å². The molecule has 1 aliphatic rings. The van der Waals surface area contributed by atoms with Crippen molar-refractivity contribution < 1.29 is 0 Å². The van der Waals surface area contributed by atoms with Crippen LogP contribution in [-0.4, -0.2) is 36.7 Å². The van der Waals surface area contributed by atoms with Gasteiger partial charge in [0.15, 0.2) is 0 Å². The van der Waals surface area contributed by atoms with Crippen LogP contribution in [0, 0.1) is 0 Å². The number of nitrogens with zero attached hydrogens (tertiary/aromatic N) is 2. The zero-order valence-corrected chi connectivity index (χ0v) is 11.5. The molecule has 0 amide bonds. The molecule has 98 valence electrons. The standard InChI is InChI=1S/C16H24N2/c1-4-5-11-16-12-15(13-18(16)17(2)3)14-9-7-6-8-10-14/h4,6-10,15-16H,1,5,11-13H2,2-3H3/t15-,16-/m0/s1. The average molecular weight is 244 g/mol. The van der Waals surface area contributed by atoms with Crippen LogP contribution in [0.4, 0.5) is 0 Å². The summed E-state index contributed by atoms with van der Waals surface area (Å²) in [6, 6.07) is 11.6. The summed E-state index contributed by atoms with van der Waals surface area (Å²) in [6.07, 6.45) is 5.61. The van der Waals surface area contributed by atoms with E-state index in [1.807, 2.05) is 6.08 Å². The lowest BCUT2D eigenvalue weighted by Gasteiger charge is -2.30. The molecular weight excluding hydrogens is 220 g/mol. The second-order valence-electron chi connectivity index (χ2n) is 5.33. The fourth-order valence-corrected chi connectivity index (χ4v) is 2.93. The van der Waals surface area contributed by atoms with E-state index >= 15 is 0 Å². The number of hydrazine groups is 1. The maximum Gasteiger partial charge on any atom is 0.0255 e. The van der Waals surface area contributed by atoms with Crippen molar-refractivity contribution in [2.24, 2.45) is 0 Å².